The number of ether oxygens (including phenoxy) is 1. The quantitative estimate of drug-likeness (QED) is 0.297. The van der Waals surface area contributed by atoms with E-state index in [4.69, 9.17) is 27.9 Å². The zero-order valence-electron chi connectivity index (χ0n) is 19.8. The Kier molecular flexibility index (Phi) is 7.30. The van der Waals surface area contributed by atoms with Crippen molar-refractivity contribution in [3.8, 4) is 22.3 Å². The molecule has 0 spiro atoms. The number of pyridine rings is 1. The van der Waals surface area contributed by atoms with E-state index in [2.05, 4.69) is 45.5 Å². The van der Waals surface area contributed by atoms with Gasteiger partial charge in [0, 0.05) is 36.8 Å². The van der Waals surface area contributed by atoms with E-state index in [-0.39, 0.29) is 11.5 Å². The molecule has 5 rings (SSSR count). The molecule has 37 heavy (non-hydrogen) atoms. The van der Waals surface area contributed by atoms with Gasteiger partial charge in [-0.05, 0) is 23.3 Å². The molecule has 0 atom stereocenters. The van der Waals surface area contributed by atoms with Crippen molar-refractivity contribution < 1.29 is 13.2 Å². The second-order valence-corrected chi connectivity index (χ2v) is 12.9. The van der Waals surface area contributed by atoms with Crippen LogP contribution in [0.25, 0.3) is 20.7 Å². The van der Waals surface area contributed by atoms with Crippen molar-refractivity contribution in [3.63, 3.8) is 0 Å². The Morgan fingerprint density at radius 2 is 1.86 bits per heavy atom. The highest BCUT2D eigenvalue weighted by Crippen LogP contribution is 2.41. The number of fused-ring (bicyclic) bond motifs is 1. The highest BCUT2D eigenvalue weighted by molar-refractivity contribution is 7.91. The lowest BCUT2D eigenvalue weighted by atomic mass is 10.1. The first-order valence-electron chi connectivity index (χ1n) is 11.4. The highest BCUT2D eigenvalue weighted by atomic mass is 35.5. The number of halogens is 2. The highest BCUT2D eigenvalue weighted by Gasteiger charge is 2.21. The molecular weight excluding hydrogens is 551 g/mol. The van der Waals surface area contributed by atoms with Gasteiger partial charge in [0.25, 0.3) is 0 Å². The van der Waals surface area contributed by atoms with Crippen LogP contribution in [0.3, 0.4) is 0 Å². The number of sulfone groups is 1. The smallest absolute Gasteiger partial charge is 0.152 e. The lowest BCUT2D eigenvalue weighted by Gasteiger charge is -2.26. The number of aromatic nitrogens is 1. The largest absolute Gasteiger partial charge is 0.495 e. The van der Waals surface area contributed by atoms with E-state index in [1.807, 2.05) is 6.07 Å². The molecule has 0 aliphatic carbocycles. The monoisotopic (exact) mass is 572 g/mol. The Morgan fingerprint density at radius 1 is 1.14 bits per heavy atom. The summed E-state index contributed by atoms with van der Waals surface area (Å²) in [6, 6.07) is 15.7. The van der Waals surface area contributed by atoms with Gasteiger partial charge < -0.3 is 10.1 Å². The van der Waals surface area contributed by atoms with Gasteiger partial charge in [-0.1, -0.05) is 47.5 Å². The molecule has 0 saturated carbocycles. The number of methoxy groups -OCH3 is 1. The molecule has 1 aliphatic heterocycles. The third kappa shape index (κ3) is 5.54. The first-order valence-corrected chi connectivity index (χ1v) is 14.8. The Hall–Kier alpha value is -2.87. The maximum atomic E-state index is 11.7. The second-order valence-electron chi connectivity index (χ2n) is 8.70. The number of hydrogen-bond acceptors (Lipinski definition) is 8. The maximum absolute atomic E-state index is 11.7. The normalized spacial score (nSPS) is 15.4. The summed E-state index contributed by atoms with van der Waals surface area (Å²) in [4.78, 5) is 7.67. The summed E-state index contributed by atoms with van der Waals surface area (Å²) in [5, 5.41) is 13.8. The average molecular weight is 574 g/mol. The van der Waals surface area contributed by atoms with Crippen LogP contribution < -0.4 is 10.1 Å². The van der Waals surface area contributed by atoms with Crippen LogP contribution in [-0.4, -0.2) is 50.0 Å². The van der Waals surface area contributed by atoms with E-state index in [1.54, 1.807) is 18.3 Å². The number of benzene rings is 2. The summed E-state index contributed by atoms with van der Waals surface area (Å²) >= 11 is 14.1. The summed E-state index contributed by atoms with van der Waals surface area (Å²) in [5.41, 5.74) is 4.50. The van der Waals surface area contributed by atoms with E-state index in [1.165, 1.54) is 18.4 Å². The van der Waals surface area contributed by atoms with Crippen LogP contribution in [0.4, 0.5) is 11.4 Å². The SMILES string of the molecule is COc1cc(Nc2c(C#N)cnc3cc(-c4ccc(CN5CCS(=O)(=O)CC5)cc4)sc23)c(Cl)cc1Cl. The molecule has 0 bridgehead atoms. The molecule has 0 radical (unpaired) electrons. The van der Waals surface area contributed by atoms with Gasteiger partial charge in [-0.25, -0.2) is 8.42 Å². The molecular formula is C26H22Cl2N4O3S2. The van der Waals surface area contributed by atoms with Gasteiger partial charge in [-0.2, -0.15) is 5.26 Å². The molecule has 1 N–H and O–H groups in total. The average Bonchev–Trinajstić information content (AvgIpc) is 3.32. The standard InChI is InChI=1S/C26H22Cl2N4O3S2/c1-35-23-11-21(19(27)10-20(23)28)31-25-18(13-29)14-30-22-12-24(36-26(22)25)17-4-2-16(3-5-17)15-32-6-8-37(33,34)9-7-32/h2-5,10-12,14H,6-9,15H2,1H3,(H,30,31). The van der Waals surface area contributed by atoms with Crippen LogP contribution in [0.1, 0.15) is 11.1 Å². The lowest BCUT2D eigenvalue weighted by Crippen LogP contribution is -2.39. The molecule has 0 amide bonds. The van der Waals surface area contributed by atoms with Crippen molar-refractivity contribution in [2.45, 2.75) is 6.54 Å². The predicted molar refractivity (Wildman–Crippen MR) is 150 cm³/mol. The molecule has 4 aromatic rings. The summed E-state index contributed by atoms with van der Waals surface area (Å²) < 4.78 is 29.5. The van der Waals surface area contributed by atoms with Gasteiger partial charge in [-0.3, -0.25) is 9.88 Å². The number of anilines is 2. The van der Waals surface area contributed by atoms with E-state index >= 15 is 0 Å². The van der Waals surface area contributed by atoms with Gasteiger partial charge in [-0.15, -0.1) is 11.3 Å². The summed E-state index contributed by atoms with van der Waals surface area (Å²) in [6.45, 7) is 1.84. The van der Waals surface area contributed by atoms with Gasteiger partial charge >= 0.3 is 0 Å². The number of rotatable bonds is 6. The number of thiophene rings is 1. The van der Waals surface area contributed by atoms with Gasteiger partial charge in [0.1, 0.15) is 11.8 Å². The van der Waals surface area contributed by atoms with Crippen LogP contribution in [0.5, 0.6) is 5.75 Å². The van der Waals surface area contributed by atoms with Crippen LogP contribution >= 0.6 is 34.5 Å². The van der Waals surface area contributed by atoms with E-state index in [0.29, 0.717) is 52.4 Å². The molecule has 3 heterocycles. The third-order valence-electron chi connectivity index (χ3n) is 6.24. The van der Waals surface area contributed by atoms with Crippen LogP contribution in [-0.2, 0) is 16.4 Å². The molecule has 1 aliphatic rings. The molecule has 1 fully saturated rings. The van der Waals surface area contributed by atoms with Crippen molar-refractivity contribution in [2.24, 2.45) is 0 Å². The van der Waals surface area contributed by atoms with Crippen molar-refractivity contribution in [3.05, 3.63) is 69.8 Å². The van der Waals surface area contributed by atoms with Crippen LogP contribution in [0, 0.1) is 11.3 Å². The first kappa shape index (κ1) is 25.8. The molecule has 11 heteroatoms. The van der Waals surface area contributed by atoms with Crippen LogP contribution in [0.2, 0.25) is 10.0 Å². The van der Waals surface area contributed by atoms with E-state index in [9.17, 15) is 13.7 Å². The summed E-state index contributed by atoms with van der Waals surface area (Å²) in [6.07, 6.45) is 1.55. The predicted octanol–water partition coefficient (Wildman–Crippen LogP) is 6.12. The van der Waals surface area contributed by atoms with Crippen molar-refractivity contribution >= 4 is 66.0 Å². The molecule has 0 unspecified atom stereocenters. The minimum atomic E-state index is -2.89. The lowest BCUT2D eigenvalue weighted by molar-refractivity contribution is 0.287. The number of nitrogens with one attached hydrogen (secondary N) is 1. The minimum Gasteiger partial charge on any atom is -0.495 e. The molecule has 190 valence electrons. The maximum Gasteiger partial charge on any atom is 0.152 e. The van der Waals surface area contributed by atoms with E-state index < -0.39 is 9.84 Å². The fourth-order valence-corrected chi connectivity index (χ4v) is 7.09. The number of hydrogen-bond donors (Lipinski definition) is 1. The number of nitrogens with zero attached hydrogens (tertiary/aromatic N) is 3. The molecule has 1 saturated heterocycles. The minimum absolute atomic E-state index is 0.217. The fourth-order valence-electron chi connectivity index (χ4n) is 4.19. The summed E-state index contributed by atoms with van der Waals surface area (Å²) in [5.74, 6) is 0.902. The first-order chi connectivity index (χ1) is 17.8. The van der Waals surface area contributed by atoms with Crippen molar-refractivity contribution in [1.29, 1.82) is 5.26 Å². The Morgan fingerprint density at radius 3 is 2.54 bits per heavy atom. The third-order valence-corrected chi connectivity index (χ3v) is 9.65. The number of nitriles is 1. The molecule has 7 nitrogen and oxygen atoms in total. The zero-order chi connectivity index (χ0) is 26.2. The summed E-state index contributed by atoms with van der Waals surface area (Å²) in [7, 11) is -1.37. The topological polar surface area (TPSA) is 95.3 Å². The molecule has 2 aromatic heterocycles. The van der Waals surface area contributed by atoms with E-state index in [0.717, 1.165) is 26.2 Å². The van der Waals surface area contributed by atoms with Crippen LogP contribution in [0.15, 0.2) is 48.7 Å². The van der Waals surface area contributed by atoms with Gasteiger partial charge in [0.15, 0.2) is 9.84 Å². The van der Waals surface area contributed by atoms with Gasteiger partial charge in [0.2, 0.25) is 0 Å². The second kappa shape index (κ2) is 10.5. The molecule has 2 aromatic carbocycles. The van der Waals surface area contributed by atoms with Gasteiger partial charge in [0.05, 0.1) is 55.8 Å². The van der Waals surface area contributed by atoms with Crippen molar-refractivity contribution in [1.82, 2.24) is 9.88 Å². The Balaban J connectivity index is 1.43. The Labute approximate surface area is 229 Å². The zero-order valence-corrected chi connectivity index (χ0v) is 22.9. The Bertz CT molecular complexity index is 1620. The fraction of sp³-hybridized carbons (Fsp3) is 0.231. The van der Waals surface area contributed by atoms with Crippen molar-refractivity contribution in [2.75, 3.05) is 37.0 Å².